The van der Waals surface area contributed by atoms with Crippen LogP contribution in [0.5, 0.6) is 0 Å². The minimum atomic E-state index is -0.743. The highest BCUT2D eigenvalue weighted by Crippen LogP contribution is 2.50. The van der Waals surface area contributed by atoms with Crippen LogP contribution in [0.1, 0.15) is 25.3 Å². The molecule has 1 saturated heterocycles. The van der Waals surface area contributed by atoms with Crippen LogP contribution in [0, 0.1) is 29.1 Å². The Labute approximate surface area is 124 Å². The van der Waals surface area contributed by atoms with E-state index in [0.29, 0.717) is 13.0 Å². The molecule has 21 heavy (non-hydrogen) atoms. The number of nitriles is 1. The van der Waals surface area contributed by atoms with E-state index in [1.165, 1.54) is 0 Å². The highest BCUT2D eigenvalue weighted by Gasteiger charge is 2.57. The molecule has 0 aromatic heterocycles. The molecule has 0 spiro atoms. The lowest BCUT2D eigenvalue weighted by Crippen LogP contribution is -2.61. The number of nitrogens with zero attached hydrogens (tertiary/aromatic N) is 1. The van der Waals surface area contributed by atoms with Crippen LogP contribution in [0.4, 0.5) is 0 Å². The van der Waals surface area contributed by atoms with Crippen LogP contribution in [0.25, 0.3) is 0 Å². The van der Waals surface area contributed by atoms with Gasteiger partial charge in [0.25, 0.3) is 0 Å². The van der Waals surface area contributed by atoms with E-state index in [-0.39, 0.29) is 23.5 Å². The number of benzene rings is 1. The highest BCUT2D eigenvalue weighted by atomic mass is 16.2. The lowest BCUT2D eigenvalue weighted by Gasteiger charge is -2.49. The van der Waals surface area contributed by atoms with Crippen molar-refractivity contribution in [3.8, 4) is 6.07 Å². The molecule has 2 aliphatic rings. The molecule has 0 radical (unpaired) electrons. The molecule has 2 fully saturated rings. The van der Waals surface area contributed by atoms with Gasteiger partial charge in [0, 0.05) is 12.5 Å². The smallest absolute Gasteiger partial charge is 0.231 e. The van der Waals surface area contributed by atoms with Gasteiger partial charge >= 0.3 is 0 Å². The van der Waals surface area contributed by atoms with Gasteiger partial charge in [-0.1, -0.05) is 37.3 Å². The topological polar surface area (TPSA) is 70.0 Å². The van der Waals surface area contributed by atoms with Gasteiger partial charge in [0.1, 0.15) is 5.92 Å². The van der Waals surface area contributed by atoms with E-state index in [9.17, 15) is 14.9 Å². The Hall–Kier alpha value is -2.15. The summed E-state index contributed by atoms with van der Waals surface area (Å²) < 4.78 is 0. The van der Waals surface area contributed by atoms with E-state index >= 15 is 0 Å². The first-order valence-corrected chi connectivity index (χ1v) is 7.38. The van der Waals surface area contributed by atoms with Gasteiger partial charge in [-0.05, 0) is 24.3 Å². The minimum absolute atomic E-state index is 0.0104. The van der Waals surface area contributed by atoms with Crippen molar-refractivity contribution < 1.29 is 9.59 Å². The van der Waals surface area contributed by atoms with Crippen LogP contribution in [0.15, 0.2) is 30.3 Å². The van der Waals surface area contributed by atoms with Crippen LogP contribution in [-0.4, -0.2) is 18.2 Å². The van der Waals surface area contributed by atoms with E-state index in [0.717, 1.165) is 12.0 Å². The Morgan fingerprint density at radius 2 is 2.00 bits per heavy atom. The molecule has 1 aromatic rings. The molecule has 4 heteroatoms. The number of carbonyl (C=O) groups excluding carboxylic acids is 2. The largest absolute Gasteiger partial charge is 0.355 e. The van der Waals surface area contributed by atoms with Crippen molar-refractivity contribution in [2.75, 3.05) is 6.54 Å². The zero-order chi connectivity index (χ0) is 15.0. The predicted molar refractivity (Wildman–Crippen MR) is 77.1 cm³/mol. The first-order chi connectivity index (χ1) is 10.1. The fourth-order valence-electron chi connectivity index (χ4n) is 4.08. The summed E-state index contributed by atoms with van der Waals surface area (Å²) in [5, 5.41) is 12.3. The van der Waals surface area contributed by atoms with Crippen molar-refractivity contribution in [3.05, 3.63) is 35.9 Å². The summed E-state index contributed by atoms with van der Waals surface area (Å²) in [5.41, 5.74) is 0.180. The molecule has 108 valence electrons. The molecule has 1 aliphatic carbocycles. The third-order valence-corrected chi connectivity index (χ3v) is 5.15. The summed E-state index contributed by atoms with van der Waals surface area (Å²) in [5.74, 6) is -1.02. The van der Waals surface area contributed by atoms with Gasteiger partial charge < -0.3 is 5.32 Å². The number of amides is 1. The van der Waals surface area contributed by atoms with Crippen molar-refractivity contribution in [2.24, 2.45) is 17.8 Å². The average molecular weight is 282 g/mol. The van der Waals surface area contributed by atoms with Gasteiger partial charge in [0.15, 0.2) is 5.78 Å². The minimum Gasteiger partial charge on any atom is -0.355 e. The molecule has 0 bridgehead atoms. The Morgan fingerprint density at radius 1 is 1.29 bits per heavy atom. The molecule has 1 amide bonds. The van der Waals surface area contributed by atoms with Crippen molar-refractivity contribution >= 4 is 11.7 Å². The number of nitrogens with one attached hydrogen (secondary N) is 1. The molecule has 1 aromatic carbocycles. The Morgan fingerprint density at radius 3 is 2.67 bits per heavy atom. The summed E-state index contributed by atoms with van der Waals surface area (Å²) in [6, 6.07) is 11.7. The molecule has 1 heterocycles. The number of fused-ring (bicyclic) bond motifs is 1. The number of hydrogen-bond donors (Lipinski definition) is 1. The normalized spacial score (nSPS) is 35.5. The monoisotopic (exact) mass is 282 g/mol. The molecular weight excluding hydrogens is 264 g/mol. The number of rotatable bonds is 1. The van der Waals surface area contributed by atoms with Crippen molar-refractivity contribution in [2.45, 2.75) is 25.2 Å². The third kappa shape index (κ3) is 1.88. The van der Waals surface area contributed by atoms with Gasteiger partial charge in [-0.15, -0.1) is 0 Å². The van der Waals surface area contributed by atoms with E-state index in [2.05, 4.69) is 11.4 Å². The van der Waals surface area contributed by atoms with Crippen LogP contribution >= 0.6 is 0 Å². The molecule has 1 unspecified atom stereocenters. The highest BCUT2D eigenvalue weighted by molar-refractivity contribution is 5.95. The van der Waals surface area contributed by atoms with Gasteiger partial charge in [-0.2, -0.15) is 5.26 Å². The maximum Gasteiger partial charge on any atom is 0.231 e. The second kappa shape index (κ2) is 5.00. The molecule has 1 aliphatic heterocycles. The van der Waals surface area contributed by atoms with Crippen molar-refractivity contribution in [1.29, 1.82) is 5.26 Å². The number of Topliss-reactive ketones (excluding diaryl/α,β-unsaturated/α-hetero) is 1. The van der Waals surface area contributed by atoms with E-state index in [1.54, 1.807) is 0 Å². The number of piperidine rings is 1. The first-order valence-electron chi connectivity index (χ1n) is 7.38. The fraction of sp³-hybridized carbons (Fsp3) is 0.471. The third-order valence-electron chi connectivity index (χ3n) is 5.15. The van der Waals surface area contributed by atoms with E-state index < -0.39 is 11.3 Å². The number of carbonyl (C=O) groups is 2. The number of ketones is 1. The van der Waals surface area contributed by atoms with Crippen molar-refractivity contribution in [1.82, 2.24) is 5.32 Å². The summed E-state index contributed by atoms with van der Waals surface area (Å²) in [6.07, 6.45) is 1.08. The van der Waals surface area contributed by atoms with Crippen LogP contribution in [0.2, 0.25) is 0 Å². The average Bonchev–Trinajstić information content (AvgIpc) is 2.52. The van der Waals surface area contributed by atoms with E-state index in [1.807, 2.05) is 37.3 Å². The van der Waals surface area contributed by atoms with Crippen LogP contribution < -0.4 is 5.32 Å². The summed E-state index contributed by atoms with van der Waals surface area (Å²) in [6.45, 7) is 2.47. The summed E-state index contributed by atoms with van der Waals surface area (Å²) >= 11 is 0. The predicted octanol–water partition coefficient (Wildman–Crippen LogP) is 1.81. The molecule has 3 rings (SSSR count). The summed E-state index contributed by atoms with van der Waals surface area (Å²) in [7, 11) is 0. The van der Waals surface area contributed by atoms with Crippen LogP contribution in [-0.2, 0) is 15.0 Å². The molecule has 4 nitrogen and oxygen atoms in total. The van der Waals surface area contributed by atoms with E-state index in [4.69, 9.17) is 0 Å². The lowest BCUT2D eigenvalue weighted by atomic mass is 9.53. The zero-order valence-electron chi connectivity index (χ0n) is 12.0. The second-order valence-corrected chi connectivity index (χ2v) is 6.07. The zero-order valence-corrected chi connectivity index (χ0v) is 12.0. The quantitative estimate of drug-likeness (QED) is 0.854. The summed E-state index contributed by atoms with van der Waals surface area (Å²) in [4.78, 5) is 25.1. The maximum absolute atomic E-state index is 12.7. The first kappa shape index (κ1) is 13.8. The Bertz CT molecular complexity index is 619. The SMILES string of the molecule is C[C@@H]1C(=O)C(C#N)C[C@]2(c3ccccc3)C(=O)NCC[C@@H]12. The molecule has 4 atom stereocenters. The standard InChI is InChI=1S/C17H18N2O2/c1-11-14-7-8-19-16(21)17(14,9-12(10-18)15(11)20)13-5-3-2-4-6-13/h2-6,11-12,14H,7-9H2,1H3,(H,19,21)/t11-,12?,14-,17+/m0/s1. The Balaban J connectivity index is 2.17. The van der Waals surface area contributed by atoms with Gasteiger partial charge in [-0.25, -0.2) is 0 Å². The van der Waals surface area contributed by atoms with Crippen LogP contribution in [0.3, 0.4) is 0 Å². The maximum atomic E-state index is 12.7. The van der Waals surface area contributed by atoms with Gasteiger partial charge in [-0.3, -0.25) is 9.59 Å². The Kier molecular flexibility index (Phi) is 3.29. The molecule has 1 saturated carbocycles. The van der Waals surface area contributed by atoms with Gasteiger partial charge in [0.2, 0.25) is 5.91 Å². The number of hydrogen-bond acceptors (Lipinski definition) is 3. The van der Waals surface area contributed by atoms with Crippen molar-refractivity contribution in [3.63, 3.8) is 0 Å². The fourth-order valence-corrected chi connectivity index (χ4v) is 4.08. The molecular formula is C17H18N2O2. The van der Waals surface area contributed by atoms with Gasteiger partial charge in [0.05, 0.1) is 11.5 Å². The molecule has 1 N–H and O–H groups in total. The second-order valence-electron chi connectivity index (χ2n) is 6.07. The lowest BCUT2D eigenvalue weighted by molar-refractivity contribution is -0.143.